The Morgan fingerprint density at radius 3 is 1.92 bits per heavy atom. The van der Waals surface area contributed by atoms with E-state index in [4.69, 9.17) is 4.42 Å². The summed E-state index contributed by atoms with van der Waals surface area (Å²) in [5, 5.41) is 4.83. The van der Waals surface area contributed by atoms with Gasteiger partial charge in [0.25, 0.3) is 0 Å². The summed E-state index contributed by atoms with van der Waals surface area (Å²) >= 11 is 0. The normalized spacial score (nSPS) is 15.0. The van der Waals surface area contributed by atoms with E-state index in [1.807, 2.05) is 0 Å². The van der Waals surface area contributed by atoms with E-state index in [1.54, 1.807) is 0 Å². The number of benzene rings is 7. The van der Waals surface area contributed by atoms with Crippen molar-refractivity contribution in [3.05, 3.63) is 162 Å². The molecule has 0 amide bonds. The zero-order valence-electron chi connectivity index (χ0n) is 27.6. The molecule has 0 saturated heterocycles. The Kier molecular flexibility index (Phi) is 5.44. The van der Waals surface area contributed by atoms with E-state index in [9.17, 15) is 0 Å². The summed E-state index contributed by atoms with van der Waals surface area (Å²) in [5.41, 5.74) is 15.9. The fourth-order valence-corrected chi connectivity index (χ4v) is 8.96. The number of nitrogens with zero attached hydrogens (tertiary/aromatic N) is 1. The minimum atomic E-state index is -0.209. The Bertz CT molecular complexity index is 2620. The van der Waals surface area contributed by atoms with Crippen molar-refractivity contribution >= 4 is 49.8 Å². The third-order valence-electron chi connectivity index (χ3n) is 11.2. The number of para-hydroxylation sites is 2. The number of hydrogen-bond acceptors (Lipinski definition) is 2. The van der Waals surface area contributed by atoms with E-state index in [0.29, 0.717) is 0 Å². The molecule has 230 valence electrons. The van der Waals surface area contributed by atoms with Gasteiger partial charge in [0, 0.05) is 44.1 Å². The molecule has 0 aliphatic heterocycles. The number of rotatable bonds is 3. The summed E-state index contributed by atoms with van der Waals surface area (Å²) in [7, 11) is 0. The molecule has 2 aliphatic carbocycles. The van der Waals surface area contributed by atoms with Crippen molar-refractivity contribution in [1.29, 1.82) is 0 Å². The molecule has 2 nitrogen and oxygen atoms in total. The second-order valence-electron chi connectivity index (χ2n) is 14.5. The largest absolute Gasteiger partial charge is 0.455 e. The standard InChI is InChI=1S/C46H35NO/c1-45(2)37-20-12-10-16-31(37)32-24-22-30(27-39(32)45)47(28-14-6-5-7-15-28)29-23-25-38-36(26-29)41-33-17-8-9-18-34(33)44-42(43(41)46(38,3)4)35-19-11-13-21-40(35)48-44/h5-27H,1-4H3. The van der Waals surface area contributed by atoms with Crippen LogP contribution in [-0.2, 0) is 10.8 Å². The van der Waals surface area contributed by atoms with Crippen molar-refractivity contribution in [3.63, 3.8) is 0 Å². The maximum atomic E-state index is 6.63. The number of hydrogen-bond donors (Lipinski definition) is 0. The van der Waals surface area contributed by atoms with Crippen LogP contribution in [0.5, 0.6) is 0 Å². The van der Waals surface area contributed by atoms with Crippen molar-refractivity contribution in [1.82, 2.24) is 0 Å². The van der Waals surface area contributed by atoms with Crippen LogP contribution in [-0.4, -0.2) is 0 Å². The van der Waals surface area contributed by atoms with E-state index >= 15 is 0 Å². The van der Waals surface area contributed by atoms with Gasteiger partial charge in [0.15, 0.2) is 0 Å². The van der Waals surface area contributed by atoms with Crippen molar-refractivity contribution in [2.45, 2.75) is 38.5 Å². The third kappa shape index (κ3) is 3.52. The first-order chi connectivity index (χ1) is 23.3. The molecular weight excluding hydrogens is 583 g/mol. The zero-order chi connectivity index (χ0) is 32.4. The predicted molar refractivity (Wildman–Crippen MR) is 201 cm³/mol. The van der Waals surface area contributed by atoms with Gasteiger partial charge in [0.1, 0.15) is 11.2 Å². The van der Waals surface area contributed by atoms with Crippen LogP contribution >= 0.6 is 0 Å². The van der Waals surface area contributed by atoms with Crippen molar-refractivity contribution in [2.24, 2.45) is 0 Å². The highest BCUT2D eigenvalue weighted by atomic mass is 16.3. The molecule has 0 bridgehead atoms. The van der Waals surface area contributed by atoms with Gasteiger partial charge in [-0.15, -0.1) is 0 Å². The van der Waals surface area contributed by atoms with Gasteiger partial charge in [-0.2, -0.15) is 0 Å². The monoisotopic (exact) mass is 617 g/mol. The summed E-state index contributed by atoms with van der Waals surface area (Å²) in [6.45, 7) is 9.47. The van der Waals surface area contributed by atoms with E-state index in [1.165, 1.54) is 66.4 Å². The minimum Gasteiger partial charge on any atom is -0.455 e. The van der Waals surface area contributed by atoms with Gasteiger partial charge < -0.3 is 9.32 Å². The quantitative estimate of drug-likeness (QED) is 0.196. The third-order valence-corrected chi connectivity index (χ3v) is 11.2. The lowest BCUT2D eigenvalue weighted by atomic mass is 9.79. The molecule has 1 heterocycles. The minimum absolute atomic E-state index is 0.0805. The Morgan fingerprint density at radius 2 is 1.08 bits per heavy atom. The molecule has 8 aromatic rings. The molecule has 0 spiro atoms. The average molecular weight is 618 g/mol. The molecule has 0 saturated carbocycles. The Balaban J connectivity index is 1.24. The second kappa shape index (κ2) is 9.49. The SMILES string of the molecule is CC1(C)c2ccccc2-c2ccc(N(c3ccccc3)c3ccc4c(c3)-c3c(c5c6ccccc6oc5c5ccccc35)C4(C)C)cc21. The fraction of sp³-hybridized carbons (Fsp3) is 0.130. The molecule has 1 aromatic heterocycles. The Morgan fingerprint density at radius 1 is 0.458 bits per heavy atom. The molecule has 2 aliphatic rings. The molecular formula is C46H35NO. The average Bonchev–Trinajstić information content (AvgIpc) is 3.69. The highest BCUT2D eigenvalue weighted by molar-refractivity contribution is 6.23. The van der Waals surface area contributed by atoms with Crippen LogP contribution in [0.1, 0.15) is 49.9 Å². The molecule has 0 radical (unpaired) electrons. The molecule has 2 heteroatoms. The number of fused-ring (bicyclic) bond motifs is 13. The Hall–Kier alpha value is -5.60. The first-order valence-corrected chi connectivity index (χ1v) is 16.9. The molecule has 0 N–H and O–H groups in total. The van der Waals surface area contributed by atoms with Gasteiger partial charge in [0.2, 0.25) is 0 Å². The van der Waals surface area contributed by atoms with Crippen LogP contribution in [0, 0.1) is 0 Å². The van der Waals surface area contributed by atoms with E-state index in [-0.39, 0.29) is 10.8 Å². The van der Waals surface area contributed by atoms with Crippen LogP contribution in [0.2, 0.25) is 0 Å². The molecule has 7 aromatic carbocycles. The van der Waals surface area contributed by atoms with Gasteiger partial charge in [-0.25, -0.2) is 0 Å². The van der Waals surface area contributed by atoms with Gasteiger partial charge in [-0.1, -0.05) is 125 Å². The summed E-state index contributed by atoms with van der Waals surface area (Å²) < 4.78 is 6.63. The highest BCUT2D eigenvalue weighted by Crippen LogP contribution is 2.57. The highest BCUT2D eigenvalue weighted by Gasteiger charge is 2.41. The van der Waals surface area contributed by atoms with Gasteiger partial charge in [-0.3, -0.25) is 0 Å². The van der Waals surface area contributed by atoms with Crippen molar-refractivity contribution in [2.75, 3.05) is 4.90 Å². The lowest BCUT2D eigenvalue weighted by molar-refractivity contribution is 0.659. The summed E-state index contributed by atoms with van der Waals surface area (Å²) in [6.07, 6.45) is 0. The van der Waals surface area contributed by atoms with Crippen LogP contribution in [0.4, 0.5) is 17.1 Å². The van der Waals surface area contributed by atoms with Crippen molar-refractivity contribution in [3.8, 4) is 22.3 Å². The topological polar surface area (TPSA) is 16.4 Å². The van der Waals surface area contributed by atoms with Gasteiger partial charge >= 0.3 is 0 Å². The summed E-state index contributed by atoms with van der Waals surface area (Å²) in [6, 6.07) is 51.1. The first-order valence-electron chi connectivity index (χ1n) is 16.9. The molecule has 0 fully saturated rings. The molecule has 48 heavy (non-hydrogen) atoms. The maximum Gasteiger partial charge on any atom is 0.143 e. The smallest absolute Gasteiger partial charge is 0.143 e. The van der Waals surface area contributed by atoms with Crippen LogP contribution < -0.4 is 4.90 Å². The lowest BCUT2D eigenvalue weighted by Gasteiger charge is -2.29. The van der Waals surface area contributed by atoms with E-state index < -0.39 is 0 Å². The maximum absolute atomic E-state index is 6.63. The molecule has 10 rings (SSSR count). The van der Waals surface area contributed by atoms with Crippen LogP contribution in [0.25, 0.3) is 55.0 Å². The lowest BCUT2D eigenvalue weighted by Crippen LogP contribution is -2.17. The van der Waals surface area contributed by atoms with Gasteiger partial charge in [-0.05, 0) is 92.4 Å². The number of anilines is 3. The zero-order valence-corrected chi connectivity index (χ0v) is 27.6. The number of furan rings is 1. The summed E-state index contributed by atoms with van der Waals surface area (Å²) in [5.74, 6) is 0. The molecule has 0 unspecified atom stereocenters. The predicted octanol–water partition coefficient (Wildman–Crippen LogP) is 12.8. The van der Waals surface area contributed by atoms with E-state index in [0.717, 1.165) is 27.9 Å². The van der Waals surface area contributed by atoms with Crippen LogP contribution in [0.3, 0.4) is 0 Å². The van der Waals surface area contributed by atoms with Gasteiger partial charge in [0.05, 0.1) is 0 Å². The molecule has 0 atom stereocenters. The van der Waals surface area contributed by atoms with Crippen molar-refractivity contribution < 1.29 is 4.42 Å². The fourth-order valence-electron chi connectivity index (χ4n) is 8.96. The van der Waals surface area contributed by atoms with Crippen LogP contribution in [0.15, 0.2) is 144 Å². The summed E-state index contributed by atoms with van der Waals surface area (Å²) in [4.78, 5) is 2.43. The van der Waals surface area contributed by atoms with E-state index in [2.05, 4.69) is 172 Å². The Labute approximate surface area is 280 Å². The first kappa shape index (κ1) is 27.5. The second-order valence-corrected chi connectivity index (χ2v) is 14.5.